The van der Waals surface area contributed by atoms with E-state index in [-0.39, 0.29) is 18.6 Å². The number of benzene rings is 2. The number of carbonyl (C=O) groups is 1. The highest BCUT2D eigenvalue weighted by Crippen LogP contribution is 2.28. The summed E-state index contributed by atoms with van der Waals surface area (Å²) < 4.78 is 5.83. The van der Waals surface area contributed by atoms with E-state index >= 15 is 0 Å². The highest BCUT2D eigenvalue weighted by Gasteiger charge is 2.11. The Morgan fingerprint density at radius 1 is 1.17 bits per heavy atom. The van der Waals surface area contributed by atoms with Crippen LogP contribution in [0.1, 0.15) is 13.3 Å². The van der Waals surface area contributed by atoms with Crippen molar-refractivity contribution in [2.45, 2.75) is 19.4 Å². The molecule has 0 saturated carbocycles. The Morgan fingerprint density at radius 3 is 2.54 bits per heavy atom. The predicted octanol–water partition coefficient (Wildman–Crippen LogP) is 3.12. The molecule has 0 spiro atoms. The van der Waals surface area contributed by atoms with Gasteiger partial charge in [-0.1, -0.05) is 30.3 Å². The van der Waals surface area contributed by atoms with Gasteiger partial charge in [-0.2, -0.15) is 0 Å². The lowest BCUT2D eigenvalue weighted by Gasteiger charge is -2.18. The first-order valence-corrected chi connectivity index (χ1v) is 8.03. The van der Waals surface area contributed by atoms with Crippen LogP contribution in [0, 0.1) is 0 Å². The molecule has 1 unspecified atom stereocenters. The number of hydrogen-bond acceptors (Lipinski definition) is 4. The van der Waals surface area contributed by atoms with E-state index in [4.69, 9.17) is 4.74 Å². The lowest BCUT2D eigenvalue weighted by Crippen LogP contribution is -2.32. The Hall–Kier alpha value is -2.37. The highest BCUT2D eigenvalue weighted by atomic mass is 16.5. The second-order valence-corrected chi connectivity index (χ2v) is 5.83. The fourth-order valence-electron chi connectivity index (χ4n) is 2.20. The molecule has 2 rings (SSSR count). The standard InChI is InChI=1S/C19H24N2O3/c1-15(22)12-13-21(2)14-19(23)20-17-10-6-7-11-18(17)24-16-8-4-3-5-9-16/h3-11,15,22H,12-14H2,1-2H3,(H,20,23). The van der Waals surface area contributed by atoms with E-state index in [1.807, 2.05) is 66.5 Å². The summed E-state index contributed by atoms with van der Waals surface area (Å²) in [5, 5.41) is 12.2. The van der Waals surface area contributed by atoms with Crippen molar-refractivity contribution in [3.8, 4) is 11.5 Å². The Balaban J connectivity index is 1.95. The largest absolute Gasteiger partial charge is 0.455 e. The fraction of sp³-hybridized carbons (Fsp3) is 0.316. The third-order valence-electron chi connectivity index (χ3n) is 3.47. The van der Waals surface area contributed by atoms with Gasteiger partial charge in [-0.15, -0.1) is 0 Å². The van der Waals surface area contributed by atoms with Gasteiger partial charge in [0.2, 0.25) is 5.91 Å². The average molecular weight is 328 g/mol. The van der Waals surface area contributed by atoms with E-state index in [2.05, 4.69) is 5.32 Å². The maximum atomic E-state index is 12.2. The first kappa shape index (κ1) is 18.0. The van der Waals surface area contributed by atoms with E-state index < -0.39 is 0 Å². The summed E-state index contributed by atoms with van der Waals surface area (Å²) in [4.78, 5) is 14.1. The van der Waals surface area contributed by atoms with Gasteiger partial charge < -0.3 is 15.2 Å². The molecule has 1 atom stereocenters. The van der Waals surface area contributed by atoms with Crippen molar-refractivity contribution in [3.05, 3.63) is 54.6 Å². The number of nitrogens with zero attached hydrogens (tertiary/aromatic N) is 1. The number of nitrogens with one attached hydrogen (secondary N) is 1. The summed E-state index contributed by atoms with van der Waals surface area (Å²) in [6, 6.07) is 16.8. The van der Waals surface area contributed by atoms with Crippen LogP contribution >= 0.6 is 0 Å². The van der Waals surface area contributed by atoms with Crippen molar-refractivity contribution in [2.24, 2.45) is 0 Å². The topological polar surface area (TPSA) is 61.8 Å². The molecular weight excluding hydrogens is 304 g/mol. The zero-order valence-electron chi connectivity index (χ0n) is 14.1. The minimum atomic E-state index is -0.365. The van der Waals surface area contributed by atoms with Gasteiger partial charge in [0.15, 0.2) is 5.75 Å². The molecule has 5 nitrogen and oxygen atoms in total. The molecule has 0 bridgehead atoms. The number of aliphatic hydroxyl groups is 1. The lowest BCUT2D eigenvalue weighted by molar-refractivity contribution is -0.117. The fourth-order valence-corrected chi connectivity index (χ4v) is 2.20. The number of anilines is 1. The number of para-hydroxylation sites is 3. The summed E-state index contributed by atoms with van der Waals surface area (Å²) in [7, 11) is 1.86. The number of carbonyl (C=O) groups excluding carboxylic acids is 1. The van der Waals surface area contributed by atoms with Crippen LogP contribution in [0.3, 0.4) is 0 Å². The number of amides is 1. The molecule has 0 saturated heterocycles. The quantitative estimate of drug-likeness (QED) is 0.781. The molecule has 0 aliphatic rings. The van der Waals surface area contributed by atoms with Crippen LogP contribution in [0.2, 0.25) is 0 Å². The number of likely N-dealkylation sites (N-methyl/N-ethyl adjacent to an activating group) is 1. The second-order valence-electron chi connectivity index (χ2n) is 5.83. The first-order valence-electron chi connectivity index (χ1n) is 8.03. The van der Waals surface area contributed by atoms with Crippen LogP contribution in [0.25, 0.3) is 0 Å². The third-order valence-corrected chi connectivity index (χ3v) is 3.47. The van der Waals surface area contributed by atoms with Crippen molar-refractivity contribution in [1.82, 2.24) is 4.90 Å². The summed E-state index contributed by atoms with van der Waals surface area (Å²) in [6.45, 7) is 2.66. The van der Waals surface area contributed by atoms with Crippen molar-refractivity contribution in [1.29, 1.82) is 0 Å². The van der Waals surface area contributed by atoms with E-state index in [0.717, 1.165) is 0 Å². The normalized spacial score (nSPS) is 12.0. The first-order chi connectivity index (χ1) is 11.5. The van der Waals surface area contributed by atoms with E-state index in [9.17, 15) is 9.90 Å². The Morgan fingerprint density at radius 2 is 1.83 bits per heavy atom. The van der Waals surface area contributed by atoms with Crippen LogP contribution in [0.4, 0.5) is 5.69 Å². The maximum Gasteiger partial charge on any atom is 0.238 e. The number of aliphatic hydroxyl groups excluding tert-OH is 1. The third kappa shape index (κ3) is 6.02. The van der Waals surface area contributed by atoms with Gasteiger partial charge in [-0.05, 0) is 44.7 Å². The van der Waals surface area contributed by atoms with Crippen molar-refractivity contribution < 1.29 is 14.6 Å². The maximum absolute atomic E-state index is 12.2. The lowest BCUT2D eigenvalue weighted by atomic mass is 10.2. The molecule has 0 aromatic heterocycles. The number of rotatable bonds is 8. The predicted molar refractivity (Wildman–Crippen MR) is 95.4 cm³/mol. The van der Waals surface area contributed by atoms with Crippen molar-refractivity contribution >= 4 is 11.6 Å². The van der Waals surface area contributed by atoms with Crippen LogP contribution in [-0.4, -0.2) is 42.2 Å². The zero-order chi connectivity index (χ0) is 17.4. The summed E-state index contributed by atoms with van der Waals surface area (Å²) in [5.41, 5.74) is 0.635. The summed E-state index contributed by atoms with van der Waals surface area (Å²) in [6.07, 6.45) is 0.271. The average Bonchev–Trinajstić information content (AvgIpc) is 2.55. The van der Waals surface area contributed by atoms with E-state index in [1.165, 1.54) is 0 Å². The van der Waals surface area contributed by atoms with Crippen LogP contribution < -0.4 is 10.1 Å². The van der Waals surface area contributed by atoms with Crippen LogP contribution in [0.5, 0.6) is 11.5 Å². The highest BCUT2D eigenvalue weighted by molar-refractivity contribution is 5.93. The molecule has 128 valence electrons. The Kier molecular flexibility index (Phi) is 6.78. The molecule has 0 aliphatic heterocycles. The van der Waals surface area contributed by atoms with E-state index in [1.54, 1.807) is 6.92 Å². The molecule has 1 amide bonds. The smallest absolute Gasteiger partial charge is 0.238 e. The molecule has 0 heterocycles. The molecule has 24 heavy (non-hydrogen) atoms. The molecule has 2 aromatic rings. The van der Waals surface area contributed by atoms with Crippen molar-refractivity contribution in [3.63, 3.8) is 0 Å². The van der Waals surface area contributed by atoms with Gasteiger partial charge >= 0.3 is 0 Å². The molecule has 0 aliphatic carbocycles. The minimum Gasteiger partial charge on any atom is -0.455 e. The monoisotopic (exact) mass is 328 g/mol. The van der Waals surface area contributed by atoms with Gasteiger partial charge in [0.25, 0.3) is 0 Å². The Bertz CT molecular complexity index is 644. The SMILES string of the molecule is CC(O)CCN(C)CC(=O)Nc1ccccc1Oc1ccccc1. The van der Waals surface area contributed by atoms with Gasteiger partial charge in [0, 0.05) is 6.54 Å². The van der Waals surface area contributed by atoms with Crippen LogP contribution in [0.15, 0.2) is 54.6 Å². The minimum absolute atomic E-state index is 0.118. The van der Waals surface area contributed by atoms with Gasteiger partial charge in [0.1, 0.15) is 5.75 Å². The zero-order valence-corrected chi connectivity index (χ0v) is 14.1. The summed E-state index contributed by atoms with van der Waals surface area (Å²) in [5.74, 6) is 1.20. The molecule has 2 N–H and O–H groups in total. The van der Waals surface area contributed by atoms with Gasteiger partial charge in [-0.25, -0.2) is 0 Å². The molecule has 5 heteroatoms. The molecule has 0 fully saturated rings. The van der Waals surface area contributed by atoms with Crippen molar-refractivity contribution in [2.75, 3.05) is 25.5 Å². The molecule has 0 radical (unpaired) electrons. The molecule has 2 aromatic carbocycles. The number of hydrogen-bond donors (Lipinski definition) is 2. The van der Waals surface area contributed by atoms with Gasteiger partial charge in [-0.3, -0.25) is 9.69 Å². The second kappa shape index (κ2) is 9.05. The number of ether oxygens (including phenoxy) is 1. The Labute approximate surface area is 142 Å². The van der Waals surface area contributed by atoms with Crippen LogP contribution in [-0.2, 0) is 4.79 Å². The molecular formula is C19H24N2O3. The van der Waals surface area contributed by atoms with E-state index in [0.29, 0.717) is 30.2 Å². The van der Waals surface area contributed by atoms with Gasteiger partial charge in [0.05, 0.1) is 18.3 Å². The summed E-state index contributed by atoms with van der Waals surface area (Å²) >= 11 is 0.